The maximum Gasteiger partial charge on any atom is 0.248 e. The van der Waals surface area contributed by atoms with Gasteiger partial charge in [-0.05, 0) is 121 Å². The Bertz CT molecular complexity index is 1960. The van der Waals surface area contributed by atoms with Crippen LogP contribution < -0.4 is 5.32 Å². The monoisotopic (exact) mass is 709 g/mol. The summed E-state index contributed by atoms with van der Waals surface area (Å²) in [6, 6.07) is 8.92. The molecule has 0 bridgehead atoms. The van der Waals surface area contributed by atoms with Crippen LogP contribution in [0.5, 0.6) is 0 Å². The van der Waals surface area contributed by atoms with Crippen LogP contribution in [0.2, 0.25) is 0 Å². The second kappa shape index (κ2) is 11.6. The number of rotatable bonds is 8. The number of benzene rings is 1. The van der Waals surface area contributed by atoms with Crippen molar-refractivity contribution in [3.8, 4) is 11.1 Å². The Labute approximate surface area is 288 Å². The Kier molecular flexibility index (Phi) is 7.54. The highest BCUT2D eigenvalue weighted by Crippen LogP contribution is 2.67. The summed E-state index contributed by atoms with van der Waals surface area (Å²) >= 11 is 3.42. The number of halogens is 1. The molecule has 4 aliphatic rings. The van der Waals surface area contributed by atoms with E-state index in [1.165, 1.54) is 45.4 Å². The molecule has 2 amide bonds. The molecule has 48 heavy (non-hydrogen) atoms. The van der Waals surface area contributed by atoms with E-state index in [1.54, 1.807) is 17.1 Å². The topological polar surface area (TPSA) is 123 Å². The van der Waals surface area contributed by atoms with Gasteiger partial charge in [0.2, 0.25) is 11.8 Å². The number of piperidine rings is 1. The normalized spacial score (nSPS) is 24.1. The largest absolute Gasteiger partial charge is 0.325 e. The Morgan fingerprint density at radius 1 is 0.979 bits per heavy atom. The van der Waals surface area contributed by atoms with Crippen molar-refractivity contribution in [3.05, 3.63) is 64.4 Å². The summed E-state index contributed by atoms with van der Waals surface area (Å²) in [7, 11) is 0. The predicted molar refractivity (Wildman–Crippen MR) is 185 cm³/mol. The van der Waals surface area contributed by atoms with Crippen LogP contribution in [0, 0.1) is 30.6 Å². The molecule has 1 spiro atoms. The number of fused-ring (bicyclic) bond motifs is 2. The van der Waals surface area contributed by atoms with Gasteiger partial charge in [-0.15, -0.1) is 0 Å². The zero-order valence-corrected chi connectivity index (χ0v) is 29.2. The number of hydrogen-bond donors (Lipinski definition) is 1. The van der Waals surface area contributed by atoms with Crippen molar-refractivity contribution in [3.63, 3.8) is 0 Å². The fourth-order valence-electron chi connectivity index (χ4n) is 9.25. The smallest absolute Gasteiger partial charge is 0.248 e. The van der Waals surface area contributed by atoms with Crippen LogP contribution in [0.4, 0.5) is 5.82 Å². The number of aromatic nitrogens is 5. The van der Waals surface area contributed by atoms with E-state index in [4.69, 9.17) is 0 Å². The van der Waals surface area contributed by atoms with Crippen molar-refractivity contribution in [2.45, 2.75) is 97.2 Å². The molecule has 3 atom stereocenters. The Hall–Kier alpha value is -3.99. The van der Waals surface area contributed by atoms with E-state index in [-0.39, 0.29) is 35.6 Å². The molecular weight excluding hydrogens is 670 g/mol. The molecule has 1 aromatic carbocycles. The third-order valence-corrected chi connectivity index (χ3v) is 12.0. The van der Waals surface area contributed by atoms with Crippen LogP contribution in [0.1, 0.15) is 86.6 Å². The Morgan fingerprint density at radius 2 is 1.73 bits per heavy atom. The summed E-state index contributed by atoms with van der Waals surface area (Å²) in [4.78, 5) is 56.1. The van der Waals surface area contributed by atoms with Crippen LogP contribution in [0.3, 0.4) is 0 Å². The number of anilines is 1. The van der Waals surface area contributed by atoms with Crippen LogP contribution in [0.25, 0.3) is 22.0 Å². The number of pyridine rings is 1. The van der Waals surface area contributed by atoms with Gasteiger partial charge in [0.25, 0.3) is 0 Å². The molecule has 1 N–H and O–H groups in total. The number of nitrogens with one attached hydrogen (secondary N) is 1. The van der Waals surface area contributed by atoms with Gasteiger partial charge < -0.3 is 10.2 Å². The van der Waals surface area contributed by atoms with Gasteiger partial charge in [0, 0.05) is 36.3 Å². The van der Waals surface area contributed by atoms with E-state index in [0.717, 1.165) is 29.5 Å². The summed E-state index contributed by atoms with van der Waals surface area (Å²) in [5, 5.41) is 8.36. The van der Waals surface area contributed by atoms with Crippen LogP contribution >= 0.6 is 15.9 Å². The Balaban J connectivity index is 1.07. The molecule has 1 aliphatic heterocycles. The van der Waals surface area contributed by atoms with E-state index in [0.29, 0.717) is 50.6 Å². The van der Waals surface area contributed by atoms with Crippen molar-refractivity contribution in [1.82, 2.24) is 29.6 Å². The zero-order chi connectivity index (χ0) is 33.4. The molecule has 0 radical (unpaired) electrons. The lowest BCUT2D eigenvalue weighted by Gasteiger charge is -2.47. The van der Waals surface area contributed by atoms with E-state index in [1.807, 2.05) is 49.1 Å². The van der Waals surface area contributed by atoms with Gasteiger partial charge in [-0.1, -0.05) is 25.0 Å². The van der Waals surface area contributed by atoms with Gasteiger partial charge in [0.1, 0.15) is 34.5 Å². The average molecular weight is 711 g/mol. The SMILES string of the molecule is CC(=O)c1nn(CC(=O)N2[C@H](C(=O)Nc3nc(Br)ccc3C)C[C@@]3(CC4CC5(CCCC5)C4)C[C@@H]23)c2ccc(-c3cnc(C)nc3)cc12. The van der Waals surface area contributed by atoms with E-state index in [2.05, 4.69) is 41.3 Å². The number of likely N-dealkylation sites (tertiary alicyclic amines) is 1. The first-order valence-corrected chi connectivity index (χ1v) is 17.9. The average Bonchev–Trinajstić information content (AvgIpc) is 3.36. The Morgan fingerprint density at radius 3 is 2.46 bits per heavy atom. The highest BCUT2D eigenvalue weighted by molar-refractivity contribution is 9.10. The summed E-state index contributed by atoms with van der Waals surface area (Å²) in [6.07, 6.45) is 14.2. The van der Waals surface area contributed by atoms with Crippen LogP contribution in [-0.2, 0) is 16.1 Å². The lowest BCUT2D eigenvalue weighted by atomic mass is 9.58. The quantitative estimate of drug-likeness (QED) is 0.157. The molecule has 10 nitrogen and oxygen atoms in total. The summed E-state index contributed by atoms with van der Waals surface area (Å²) in [5.41, 5.74) is 4.09. The van der Waals surface area contributed by atoms with E-state index >= 15 is 0 Å². The molecule has 248 valence electrons. The molecule has 4 aromatic rings. The van der Waals surface area contributed by atoms with Crippen molar-refractivity contribution in [1.29, 1.82) is 0 Å². The minimum Gasteiger partial charge on any atom is -0.325 e. The number of Topliss-reactive ketones (excluding diaryl/α,β-unsaturated/α-hetero) is 1. The standard InChI is InChI=1S/C37H40BrN7O3/c1-21-6-9-31(38)41-34(21)42-35(48)29-16-37(15-24-13-36(14-24)10-4-5-11-36)17-30(37)45(29)32(47)20-44-28-8-7-25(26-18-39-23(3)40-19-26)12-27(28)33(43-44)22(2)46/h6-9,12,18-19,24,29-30H,4-5,10-11,13-17,20H2,1-3H3,(H,41,42,48)/t29-,30+,37-/m0/s1. The number of carbonyl (C=O) groups excluding carboxylic acids is 3. The number of nitrogens with zero attached hydrogens (tertiary/aromatic N) is 6. The maximum atomic E-state index is 14.4. The molecule has 0 unspecified atom stereocenters. The molecule has 3 saturated carbocycles. The van der Waals surface area contributed by atoms with Crippen molar-refractivity contribution in [2.24, 2.45) is 16.7 Å². The summed E-state index contributed by atoms with van der Waals surface area (Å²) < 4.78 is 2.26. The zero-order valence-electron chi connectivity index (χ0n) is 27.6. The van der Waals surface area contributed by atoms with Gasteiger partial charge in [0.15, 0.2) is 5.78 Å². The molecule has 1 saturated heterocycles. The number of carbonyl (C=O) groups is 3. The minimum atomic E-state index is -0.598. The lowest BCUT2D eigenvalue weighted by molar-refractivity contribution is -0.138. The fraction of sp³-hybridized carbons (Fsp3) is 0.486. The van der Waals surface area contributed by atoms with Gasteiger partial charge in [-0.25, -0.2) is 15.0 Å². The van der Waals surface area contributed by atoms with Gasteiger partial charge in [-0.3, -0.25) is 19.1 Å². The highest BCUT2D eigenvalue weighted by atomic mass is 79.9. The fourth-order valence-corrected chi connectivity index (χ4v) is 9.56. The first-order chi connectivity index (χ1) is 23.0. The van der Waals surface area contributed by atoms with E-state index in [9.17, 15) is 14.4 Å². The summed E-state index contributed by atoms with van der Waals surface area (Å²) in [6.45, 7) is 5.17. The molecule has 11 heteroatoms. The van der Waals surface area contributed by atoms with Crippen LogP contribution in [0.15, 0.2) is 47.3 Å². The molecular formula is C37H40BrN7O3. The predicted octanol–water partition coefficient (Wildman–Crippen LogP) is 6.83. The maximum absolute atomic E-state index is 14.4. The molecule has 3 aliphatic carbocycles. The molecule has 4 heterocycles. The number of hydrogen-bond acceptors (Lipinski definition) is 7. The second-order valence-corrected chi connectivity index (χ2v) is 15.7. The first kappa shape index (κ1) is 31.3. The van der Waals surface area contributed by atoms with Gasteiger partial charge in [-0.2, -0.15) is 5.10 Å². The van der Waals surface area contributed by atoms with Gasteiger partial charge >= 0.3 is 0 Å². The third-order valence-electron chi connectivity index (χ3n) is 11.6. The lowest BCUT2D eigenvalue weighted by Crippen LogP contribution is -2.47. The summed E-state index contributed by atoms with van der Waals surface area (Å²) in [5.74, 6) is 1.30. The third kappa shape index (κ3) is 5.44. The molecule has 4 fully saturated rings. The van der Waals surface area contributed by atoms with Crippen molar-refractivity contribution in [2.75, 3.05) is 5.32 Å². The van der Waals surface area contributed by atoms with E-state index < -0.39 is 6.04 Å². The van der Waals surface area contributed by atoms with Crippen molar-refractivity contribution >= 4 is 50.2 Å². The van der Waals surface area contributed by atoms with Crippen LogP contribution in [-0.4, -0.2) is 59.3 Å². The number of ketones is 1. The first-order valence-electron chi connectivity index (χ1n) is 17.1. The molecule has 3 aromatic heterocycles. The highest BCUT2D eigenvalue weighted by Gasteiger charge is 2.68. The van der Waals surface area contributed by atoms with Gasteiger partial charge in [0.05, 0.1) is 5.52 Å². The minimum absolute atomic E-state index is 0.0238. The van der Waals surface area contributed by atoms with Crippen molar-refractivity contribution < 1.29 is 14.4 Å². The number of amides is 2. The number of aryl methyl sites for hydroxylation is 2. The molecule has 8 rings (SSSR count). The second-order valence-electron chi connectivity index (χ2n) is 14.9.